The van der Waals surface area contributed by atoms with Crippen LogP contribution >= 0.6 is 0 Å². The van der Waals surface area contributed by atoms with Gasteiger partial charge in [-0.25, -0.2) is 8.42 Å². The molecule has 0 amide bonds. The van der Waals surface area contributed by atoms with Crippen molar-refractivity contribution in [2.45, 2.75) is 19.6 Å². The summed E-state index contributed by atoms with van der Waals surface area (Å²) in [5.41, 5.74) is 2.56. The van der Waals surface area contributed by atoms with Crippen LogP contribution in [0.2, 0.25) is 0 Å². The molecule has 1 aromatic heterocycles. The van der Waals surface area contributed by atoms with Crippen LogP contribution in [0.5, 0.6) is 0 Å². The summed E-state index contributed by atoms with van der Waals surface area (Å²) >= 11 is 0. The highest BCUT2D eigenvalue weighted by Gasteiger charge is 2.15. The molecule has 0 atom stereocenters. The lowest BCUT2D eigenvalue weighted by Gasteiger charge is -2.00. The molecule has 0 fully saturated rings. The van der Waals surface area contributed by atoms with Gasteiger partial charge in [0.05, 0.1) is 12.0 Å². The van der Waals surface area contributed by atoms with Crippen molar-refractivity contribution in [2.24, 2.45) is 0 Å². The van der Waals surface area contributed by atoms with Gasteiger partial charge in [-0.3, -0.25) is 0 Å². The van der Waals surface area contributed by atoms with Crippen molar-refractivity contribution < 1.29 is 12.8 Å². The van der Waals surface area contributed by atoms with Crippen LogP contribution in [0.3, 0.4) is 0 Å². The number of hydrogen-bond donors (Lipinski definition) is 0. The zero-order chi connectivity index (χ0) is 11.8. The van der Waals surface area contributed by atoms with Crippen molar-refractivity contribution in [1.29, 1.82) is 0 Å². The molecule has 4 heteroatoms. The molecule has 2 rings (SSSR count). The van der Waals surface area contributed by atoms with Crippen LogP contribution in [0, 0.1) is 6.92 Å². The summed E-state index contributed by atoms with van der Waals surface area (Å²) in [4.78, 5) is 0. The lowest BCUT2D eigenvalue weighted by Crippen LogP contribution is -2.06. The Morgan fingerprint density at radius 2 is 2.06 bits per heavy atom. The Morgan fingerprint density at radius 3 is 2.75 bits per heavy atom. The summed E-state index contributed by atoms with van der Waals surface area (Å²) in [5.74, 6) is 0.215. The molecule has 0 aliphatic carbocycles. The maximum atomic E-state index is 11.6. The van der Waals surface area contributed by atoms with E-state index in [1.54, 1.807) is 13.2 Å². The van der Waals surface area contributed by atoms with Gasteiger partial charge in [0.1, 0.15) is 5.58 Å². The lowest BCUT2D eigenvalue weighted by atomic mass is 10.1. The second-order valence-electron chi connectivity index (χ2n) is 3.89. The zero-order valence-electron chi connectivity index (χ0n) is 9.36. The smallest absolute Gasteiger partial charge is 0.154 e. The fourth-order valence-electron chi connectivity index (χ4n) is 1.79. The summed E-state index contributed by atoms with van der Waals surface area (Å²) in [5, 5.41) is 0.930. The predicted octanol–water partition coefficient (Wildman–Crippen LogP) is 2.68. The first-order chi connectivity index (χ1) is 7.53. The molecule has 0 aliphatic heterocycles. The summed E-state index contributed by atoms with van der Waals surface area (Å²) in [6.07, 6.45) is 1.55. The van der Waals surface area contributed by atoms with Crippen LogP contribution < -0.4 is 0 Å². The average Bonchev–Trinajstić information content (AvgIpc) is 2.62. The number of hydrogen-bond acceptors (Lipinski definition) is 3. The van der Waals surface area contributed by atoms with E-state index in [4.69, 9.17) is 4.42 Å². The minimum atomic E-state index is -3.01. The second kappa shape index (κ2) is 3.94. The monoisotopic (exact) mass is 238 g/mol. The summed E-state index contributed by atoms with van der Waals surface area (Å²) < 4.78 is 28.5. The van der Waals surface area contributed by atoms with E-state index < -0.39 is 9.84 Å². The zero-order valence-corrected chi connectivity index (χ0v) is 10.2. The van der Waals surface area contributed by atoms with Crippen molar-refractivity contribution in [2.75, 3.05) is 5.75 Å². The van der Waals surface area contributed by atoms with E-state index >= 15 is 0 Å². The fraction of sp³-hybridized carbons (Fsp3) is 0.333. The van der Waals surface area contributed by atoms with Gasteiger partial charge >= 0.3 is 0 Å². The largest absolute Gasteiger partial charge is 0.464 e. The van der Waals surface area contributed by atoms with Crippen molar-refractivity contribution in [3.63, 3.8) is 0 Å². The van der Waals surface area contributed by atoms with E-state index in [-0.39, 0.29) is 11.5 Å². The first-order valence-corrected chi connectivity index (χ1v) is 7.02. The number of benzene rings is 1. The van der Waals surface area contributed by atoms with E-state index in [1.807, 2.05) is 25.1 Å². The van der Waals surface area contributed by atoms with Crippen LogP contribution in [0.4, 0.5) is 0 Å². The van der Waals surface area contributed by atoms with Crippen molar-refractivity contribution in [1.82, 2.24) is 0 Å². The molecule has 0 spiro atoms. The van der Waals surface area contributed by atoms with Crippen molar-refractivity contribution in [3.05, 3.63) is 35.6 Å². The molecule has 0 radical (unpaired) electrons. The minimum Gasteiger partial charge on any atom is -0.464 e. The highest BCUT2D eigenvalue weighted by Crippen LogP contribution is 2.26. The Hall–Kier alpha value is -1.29. The van der Waals surface area contributed by atoms with Crippen LogP contribution in [-0.4, -0.2) is 14.2 Å². The minimum absolute atomic E-state index is 0.0569. The quantitative estimate of drug-likeness (QED) is 0.826. The number of sulfone groups is 1. The molecule has 0 N–H and O–H groups in total. The van der Waals surface area contributed by atoms with Gasteiger partial charge in [0.15, 0.2) is 9.84 Å². The summed E-state index contributed by atoms with van der Waals surface area (Å²) in [6, 6.07) is 5.71. The first-order valence-electron chi connectivity index (χ1n) is 5.19. The van der Waals surface area contributed by atoms with Gasteiger partial charge in [0.25, 0.3) is 0 Å². The number of furan rings is 1. The first kappa shape index (κ1) is 11.2. The van der Waals surface area contributed by atoms with Gasteiger partial charge in [-0.1, -0.05) is 19.1 Å². The standard InChI is InChI=1S/C12H14O3S/c1-3-16(13,14)8-10-7-15-11-6-4-5-9(2)12(10)11/h4-7H,3,8H2,1-2H3. The molecule has 0 aliphatic rings. The van der Waals surface area contributed by atoms with Crippen LogP contribution in [0.25, 0.3) is 11.0 Å². The van der Waals surface area contributed by atoms with E-state index in [2.05, 4.69) is 0 Å². The van der Waals surface area contributed by atoms with E-state index in [0.717, 1.165) is 22.1 Å². The molecule has 2 aromatic rings. The second-order valence-corrected chi connectivity index (χ2v) is 6.24. The van der Waals surface area contributed by atoms with E-state index in [9.17, 15) is 8.42 Å². The van der Waals surface area contributed by atoms with Gasteiger partial charge in [0.2, 0.25) is 0 Å². The topological polar surface area (TPSA) is 47.3 Å². The highest BCUT2D eigenvalue weighted by atomic mass is 32.2. The molecule has 1 aromatic carbocycles. The lowest BCUT2D eigenvalue weighted by molar-refractivity contribution is 0.592. The molecule has 3 nitrogen and oxygen atoms in total. The van der Waals surface area contributed by atoms with Gasteiger partial charge in [-0.15, -0.1) is 0 Å². The molecule has 0 unspecified atom stereocenters. The van der Waals surface area contributed by atoms with Gasteiger partial charge in [0, 0.05) is 16.7 Å². The molecule has 0 bridgehead atoms. The third kappa shape index (κ3) is 1.97. The van der Waals surface area contributed by atoms with Gasteiger partial charge in [-0.2, -0.15) is 0 Å². The highest BCUT2D eigenvalue weighted by molar-refractivity contribution is 7.90. The average molecular weight is 238 g/mol. The fourth-order valence-corrected chi connectivity index (χ4v) is 2.68. The molecular weight excluding hydrogens is 224 g/mol. The predicted molar refractivity (Wildman–Crippen MR) is 64.1 cm³/mol. The van der Waals surface area contributed by atoms with Crippen LogP contribution in [-0.2, 0) is 15.6 Å². The molecule has 0 saturated carbocycles. The van der Waals surface area contributed by atoms with Gasteiger partial charge in [-0.05, 0) is 18.6 Å². The Labute approximate surface area is 95.0 Å². The Morgan fingerprint density at radius 1 is 1.31 bits per heavy atom. The maximum absolute atomic E-state index is 11.6. The van der Waals surface area contributed by atoms with Crippen LogP contribution in [0.15, 0.2) is 28.9 Å². The molecule has 1 heterocycles. The van der Waals surface area contributed by atoms with E-state index in [1.165, 1.54) is 0 Å². The van der Waals surface area contributed by atoms with Crippen molar-refractivity contribution >= 4 is 20.8 Å². The summed E-state index contributed by atoms with van der Waals surface area (Å²) in [6.45, 7) is 3.62. The number of aryl methyl sites for hydroxylation is 1. The third-order valence-electron chi connectivity index (χ3n) is 2.70. The number of rotatable bonds is 3. The normalized spacial score (nSPS) is 12.1. The third-order valence-corrected chi connectivity index (χ3v) is 4.33. The van der Waals surface area contributed by atoms with E-state index in [0.29, 0.717) is 0 Å². The molecule has 0 saturated heterocycles. The summed E-state index contributed by atoms with van der Waals surface area (Å²) in [7, 11) is -3.01. The SMILES string of the molecule is CCS(=O)(=O)Cc1coc2cccc(C)c12. The Kier molecular flexibility index (Phi) is 2.76. The Bertz CT molecular complexity index is 608. The van der Waals surface area contributed by atoms with Crippen molar-refractivity contribution in [3.8, 4) is 0 Å². The molecule has 86 valence electrons. The Balaban J connectivity index is 2.54. The maximum Gasteiger partial charge on any atom is 0.154 e. The molecular formula is C12H14O3S. The van der Waals surface area contributed by atoms with Gasteiger partial charge < -0.3 is 4.42 Å². The van der Waals surface area contributed by atoms with Crippen LogP contribution in [0.1, 0.15) is 18.1 Å². The molecule has 16 heavy (non-hydrogen) atoms. The number of fused-ring (bicyclic) bond motifs is 1.